The van der Waals surface area contributed by atoms with Crippen LogP contribution in [-0.4, -0.2) is 10.2 Å². The van der Waals surface area contributed by atoms with Crippen molar-refractivity contribution in [1.29, 1.82) is 0 Å². The zero-order chi connectivity index (χ0) is 12.7. The molecule has 0 aliphatic heterocycles. The number of H-pyrrole nitrogens is 1. The van der Waals surface area contributed by atoms with Crippen LogP contribution in [0.3, 0.4) is 0 Å². The molecule has 0 saturated carbocycles. The summed E-state index contributed by atoms with van der Waals surface area (Å²) in [6.07, 6.45) is 1.87. The number of benzene rings is 2. The molecule has 1 heterocycles. The van der Waals surface area contributed by atoms with Gasteiger partial charge in [0.25, 0.3) is 0 Å². The number of aromatic amines is 1. The van der Waals surface area contributed by atoms with Crippen LogP contribution in [-0.2, 0) is 0 Å². The fraction of sp³-hybridized carbons (Fsp3) is 0.133. The van der Waals surface area contributed by atoms with E-state index in [1.165, 1.54) is 27.6 Å². The molecule has 2 nitrogen and oxygen atoms in total. The van der Waals surface area contributed by atoms with E-state index < -0.39 is 0 Å². The van der Waals surface area contributed by atoms with Gasteiger partial charge in [-0.25, -0.2) is 0 Å². The second kappa shape index (κ2) is 4.14. The van der Waals surface area contributed by atoms with Crippen LogP contribution in [0.25, 0.3) is 22.0 Å². The third kappa shape index (κ3) is 1.70. The number of rotatable bonds is 1. The monoisotopic (exact) mass is 256 g/mol. The van der Waals surface area contributed by atoms with Crippen LogP contribution < -0.4 is 0 Å². The van der Waals surface area contributed by atoms with Crippen molar-refractivity contribution in [2.24, 2.45) is 0 Å². The van der Waals surface area contributed by atoms with E-state index in [1.807, 2.05) is 18.3 Å². The van der Waals surface area contributed by atoms with Gasteiger partial charge in [0.2, 0.25) is 0 Å². The highest BCUT2D eigenvalue weighted by Crippen LogP contribution is 2.31. The van der Waals surface area contributed by atoms with E-state index in [-0.39, 0.29) is 0 Å². The first kappa shape index (κ1) is 11.3. The summed E-state index contributed by atoms with van der Waals surface area (Å²) in [5.41, 5.74) is 5.96. The molecule has 0 spiro atoms. The first-order valence-electron chi connectivity index (χ1n) is 5.86. The second-order valence-corrected chi connectivity index (χ2v) is 4.97. The minimum absolute atomic E-state index is 0.776. The van der Waals surface area contributed by atoms with E-state index >= 15 is 0 Å². The van der Waals surface area contributed by atoms with Crippen molar-refractivity contribution >= 4 is 22.5 Å². The van der Waals surface area contributed by atoms with Crippen LogP contribution in [0.5, 0.6) is 0 Å². The highest BCUT2D eigenvalue weighted by atomic mass is 35.5. The predicted octanol–water partition coefficient (Wildman–Crippen LogP) is 4.50. The molecule has 0 amide bonds. The summed E-state index contributed by atoms with van der Waals surface area (Å²) < 4.78 is 0. The third-order valence-corrected chi connectivity index (χ3v) is 3.61. The van der Waals surface area contributed by atoms with Crippen molar-refractivity contribution in [2.75, 3.05) is 0 Å². The van der Waals surface area contributed by atoms with Gasteiger partial charge < -0.3 is 0 Å². The molecule has 0 fully saturated rings. The lowest BCUT2D eigenvalue weighted by atomic mass is 9.95. The Morgan fingerprint density at radius 3 is 2.61 bits per heavy atom. The van der Waals surface area contributed by atoms with Gasteiger partial charge in [-0.2, -0.15) is 5.10 Å². The highest BCUT2D eigenvalue weighted by molar-refractivity contribution is 6.30. The summed E-state index contributed by atoms with van der Waals surface area (Å²) in [5.74, 6) is 0. The van der Waals surface area contributed by atoms with E-state index in [4.69, 9.17) is 11.6 Å². The van der Waals surface area contributed by atoms with E-state index in [0.29, 0.717) is 0 Å². The van der Waals surface area contributed by atoms with Crippen LogP contribution >= 0.6 is 11.6 Å². The molecule has 0 unspecified atom stereocenters. The molecule has 0 aliphatic rings. The minimum atomic E-state index is 0.776. The Kier molecular flexibility index (Phi) is 2.60. The van der Waals surface area contributed by atoms with Crippen LogP contribution in [0.1, 0.15) is 11.1 Å². The quantitative estimate of drug-likeness (QED) is 0.682. The number of nitrogens with zero attached hydrogens (tertiary/aromatic N) is 1. The summed E-state index contributed by atoms with van der Waals surface area (Å²) in [6, 6.07) is 10.2. The summed E-state index contributed by atoms with van der Waals surface area (Å²) in [5, 5.41) is 9.02. The van der Waals surface area contributed by atoms with Crippen molar-refractivity contribution in [3.05, 3.63) is 52.7 Å². The van der Waals surface area contributed by atoms with E-state index in [0.717, 1.165) is 10.5 Å². The first-order valence-corrected chi connectivity index (χ1v) is 6.24. The Balaban J connectivity index is 2.27. The molecule has 0 radical (unpaired) electrons. The molecule has 1 N–H and O–H groups in total. The molecule has 3 rings (SSSR count). The molecule has 3 heteroatoms. The molecule has 1 aromatic heterocycles. The van der Waals surface area contributed by atoms with E-state index in [1.54, 1.807) is 0 Å². The van der Waals surface area contributed by atoms with E-state index in [9.17, 15) is 0 Å². The van der Waals surface area contributed by atoms with Gasteiger partial charge in [-0.1, -0.05) is 23.7 Å². The molecule has 3 aromatic rings. The first-order chi connectivity index (χ1) is 8.66. The average molecular weight is 257 g/mol. The van der Waals surface area contributed by atoms with Crippen molar-refractivity contribution in [1.82, 2.24) is 10.2 Å². The highest BCUT2D eigenvalue weighted by Gasteiger charge is 2.09. The van der Waals surface area contributed by atoms with Gasteiger partial charge >= 0.3 is 0 Å². The van der Waals surface area contributed by atoms with Gasteiger partial charge in [-0.3, -0.25) is 5.10 Å². The zero-order valence-corrected chi connectivity index (χ0v) is 11.0. The lowest BCUT2D eigenvalue weighted by molar-refractivity contribution is 1.12. The molecule has 0 bridgehead atoms. The normalized spacial score (nSPS) is 11.1. The summed E-state index contributed by atoms with van der Waals surface area (Å²) in [6.45, 7) is 4.21. The lowest BCUT2D eigenvalue weighted by Gasteiger charge is -2.10. The van der Waals surface area contributed by atoms with Gasteiger partial charge in [0.1, 0.15) is 0 Å². The van der Waals surface area contributed by atoms with Crippen LogP contribution in [0, 0.1) is 13.8 Å². The fourth-order valence-corrected chi connectivity index (χ4v) is 2.61. The molecule has 0 atom stereocenters. The second-order valence-electron chi connectivity index (χ2n) is 4.53. The molecular formula is C15H13ClN2. The van der Waals surface area contributed by atoms with Gasteiger partial charge in [0, 0.05) is 10.4 Å². The summed E-state index contributed by atoms with van der Waals surface area (Å²) in [4.78, 5) is 0. The minimum Gasteiger partial charge on any atom is -0.278 e. The topological polar surface area (TPSA) is 28.7 Å². The number of aryl methyl sites for hydroxylation is 2. The largest absolute Gasteiger partial charge is 0.278 e. The Hall–Kier alpha value is -1.80. The van der Waals surface area contributed by atoms with Crippen molar-refractivity contribution < 1.29 is 0 Å². The Morgan fingerprint density at radius 2 is 1.83 bits per heavy atom. The van der Waals surface area contributed by atoms with Crippen molar-refractivity contribution in [3.63, 3.8) is 0 Å². The van der Waals surface area contributed by atoms with Crippen LogP contribution in [0.4, 0.5) is 0 Å². The maximum absolute atomic E-state index is 6.01. The van der Waals surface area contributed by atoms with Crippen molar-refractivity contribution in [3.8, 4) is 11.1 Å². The smallest absolute Gasteiger partial charge is 0.0653 e. The number of nitrogens with one attached hydrogen (secondary N) is 1. The predicted molar refractivity (Wildman–Crippen MR) is 76.0 cm³/mol. The summed E-state index contributed by atoms with van der Waals surface area (Å²) >= 11 is 6.01. The molecule has 0 aliphatic carbocycles. The SMILES string of the molecule is Cc1cc(Cl)ccc1-c1ccc2[nH]ncc2c1C. The van der Waals surface area contributed by atoms with Gasteiger partial charge in [-0.05, 0) is 54.3 Å². The molecule has 18 heavy (non-hydrogen) atoms. The maximum Gasteiger partial charge on any atom is 0.0653 e. The third-order valence-electron chi connectivity index (χ3n) is 3.37. The molecule has 90 valence electrons. The zero-order valence-electron chi connectivity index (χ0n) is 10.3. The molecular weight excluding hydrogens is 244 g/mol. The Bertz CT molecular complexity index is 728. The fourth-order valence-electron chi connectivity index (χ4n) is 2.38. The van der Waals surface area contributed by atoms with Gasteiger partial charge in [0.05, 0.1) is 11.7 Å². The van der Waals surface area contributed by atoms with Crippen LogP contribution in [0.15, 0.2) is 36.5 Å². The average Bonchev–Trinajstić information content (AvgIpc) is 2.80. The van der Waals surface area contributed by atoms with E-state index in [2.05, 4.69) is 42.2 Å². The van der Waals surface area contributed by atoms with Crippen molar-refractivity contribution in [2.45, 2.75) is 13.8 Å². The number of fused-ring (bicyclic) bond motifs is 1. The number of hydrogen-bond donors (Lipinski definition) is 1. The number of halogens is 1. The molecule has 2 aromatic carbocycles. The standard InChI is InChI=1S/C15H13ClN2/c1-9-7-11(16)3-4-12(9)13-5-6-15-14(10(13)2)8-17-18-15/h3-8H,1-2H3,(H,17,18). The molecule has 0 saturated heterocycles. The van der Waals surface area contributed by atoms with Crippen LogP contribution in [0.2, 0.25) is 5.02 Å². The van der Waals surface area contributed by atoms with Gasteiger partial charge in [0.15, 0.2) is 0 Å². The maximum atomic E-state index is 6.01. The Labute approximate surface area is 111 Å². The number of aromatic nitrogens is 2. The lowest BCUT2D eigenvalue weighted by Crippen LogP contribution is -1.87. The Morgan fingerprint density at radius 1 is 1.06 bits per heavy atom. The summed E-state index contributed by atoms with van der Waals surface area (Å²) in [7, 11) is 0. The van der Waals surface area contributed by atoms with Gasteiger partial charge in [-0.15, -0.1) is 0 Å². The number of hydrogen-bond acceptors (Lipinski definition) is 1.